The molecule has 1 aliphatic heterocycles. The monoisotopic (exact) mass is 387 g/mol. The summed E-state index contributed by atoms with van der Waals surface area (Å²) in [6.07, 6.45) is -1.64. The van der Waals surface area contributed by atoms with Crippen LogP contribution in [0.15, 0.2) is 24.3 Å². The molecule has 1 saturated heterocycles. The highest BCUT2D eigenvalue weighted by atomic mass is 19.4. The Bertz CT molecular complexity index is 643. The van der Waals surface area contributed by atoms with Gasteiger partial charge < -0.3 is 15.0 Å². The Balaban J connectivity index is 1.84. The van der Waals surface area contributed by atoms with Crippen molar-refractivity contribution < 1.29 is 27.5 Å². The largest absolute Gasteiger partial charge is 0.573 e. The van der Waals surface area contributed by atoms with Crippen LogP contribution >= 0.6 is 0 Å². The Morgan fingerprint density at radius 1 is 1.19 bits per heavy atom. The first-order chi connectivity index (χ1) is 12.7. The summed E-state index contributed by atoms with van der Waals surface area (Å²) in [4.78, 5) is 28.1. The van der Waals surface area contributed by atoms with Crippen LogP contribution in [0.3, 0.4) is 0 Å². The molecule has 27 heavy (non-hydrogen) atoms. The van der Waals surface area contributed by atoms with Crippen LogP contribution in [0.25, 0.3) is 0 Å². The van der Waals surface area contributed by atoms with E-state index in [0.717, 1.165) is 44.5 Å². The number of halogens is 3. The number of alkyl halides is 3. The van der Waals surface area contributed by atoms with E-state index in [2.05, 4.69) is 10.1 Å². The zero-order valence-corrected chi connectivity index (χ0v) is 15.4. The molecule has 150 valence electrons. The molecule has 0 spiro atoms. The van der Waals surface area contributed by atoms with Gasteiger partial charge in [-0.25, -0.2) is 0 Å². The summed E-state index contributed by atoms with van der Waals surface area (Å²) in [7, 11) is 1.69. The Morgan fingerprint density at radius 3 is 2.33 bits per heavy atom. The molecular weight excluding hydrogens is 363 g/mol. The number of hydrogen-bond acceptors (Lipinski definition) is 4. The first-order valence-electron chi connectivity index (χ1n) is 8.80. The molecule has 1 aliphatic rings. The number of nitrogens with one attached hydrogen (secondary N) is 1. The molecule has 1 atom stereocenters. The maximum atomic E-state index is 12.5. The van der Waals surface area contributed by atoms with Gasteiger partial charge >= 0.3 is 6.36 Å². The van der Waals surface area contributed by atoms with Crippen molar-refractivity contribution in [1.82, 2.24) is 9.80 Å². The third kappa shape index (κ3) is 6.74. The van der Waals surface area contributed by atoms with Crippen LogP contribution in [0.2, 0.25) is 0 Å². The van der Waals surface area contributed by atoms with Gasteiger partial charge in [0.05, 0.1) is 12.6 Å². The van der Waals surface area contributed by atoms with Crippen molar-refractivity contribution in [1.29, 1.82) is 0 Å². The van der Waals surface area contributed by atoms with Gasteiger partial charge in [-0.1, -0.05) is 0 Å². The summed E-state index contributed by atoms with van der Waals surface area (Å²) in [5.74, 6) is -0.725. The number of hydrogen-bond donors (Lipinski definition) is 1. The molecule has 1 heterocycles. The Kier molecular flexibility index (Phi) is 7.06. The van der Waals surface area contributed by atoms with Gasteiger partial charge in [-0.3, -0.25) is 14.5 Å². The zero-order valence-electron chi connectivity index (χ0n) is 15.4. The van der Waals surface area contributed by atoms with Crippen molar-refractivity contribution in [3.05, 3.63) is 24.3 Å². The first-order valence-corrected chi connectivity index (χ1v) is 8.80. The quantitative estimate of drug-likeness (QED) is 0.816. The molecule has 1 fully saturated rings. The van der Waals surface area contributed by atoms with Gasteiger partial charge in [0.1, 0.15) is 5.75 Å². The highest BCUT2D eigenvalue weighted by Crippen LogP contribution is 2.24. The van der Waals surface area contributed by atoms with Gasteiger partial charge in [0.15, 0.2) is 0 Å². The fraction of sp³-hybridized carbons (Fsp3) is 0.556. The first kappa shape index (κ1) is 21.0. The number of nitrogens with zero attached hydrogens (tertiary/aromatic N) is 2. The van der Waals surface area contributed by atoms with Crippen molar-refractivity contribution in [2.45, 2.75) is 38.6 Å². The van der Waals surface area contributed by atoms with E-state index in [1.165, 1.54) is 12.1 Å². The van der Waals surface area contributed by atoms with Crippen LogP contribution in [-0.4, -0.2) is 60.7 Å². The van der Waals surface area contributed by atoms with E-state index in [-0.39, 0.29) is 24.1 Å². The standard InChI is InChI=1S/C18H24F3N3O3/c1-13(17(26)24-10-4-3-5-11-24)23(2)12-16(25)22-14-6-8-15(9-7-14)27-18(19,20)21/h6-9,13H,3-5,10-12H2,1-2H3,(H,22,25)/t13-/m0/s1. The molecule has 1 aromatic rings. The number of likely N-dealkylation sites (N-methyl/N-ethyl adjacent to an activating group) is 1. The lowest BCUT2D eigenvalue weighted by atomic mass is 10.1. The third-order valence-corrected chi connectivity index (χ3v) is 4.45. The van der Waals surface area contributed by atoms with Gasteiger partial charge in [0, 0.05) is 18.8 Å². The van der Waals surface area contributed by atoms with Crippen LogP contribution in [-0.2, 0) is 9.59 Å². The molecular formula is C18H24F3N3O3. The van der Waals surface area contributed by atoms with Crippen LogP contribution in [0, 0.1) is 0 Å². The number of piperidine rings is 1. The van der Waals surface area contributed by atoms with Gasteiger partial charge in [-0.2, -0.15) is 0 Å². The minimum absolute atomic E-state index is 0.00125. The topological polar surface area (TPSA) is 61.9 Å². The van der Waals surface area contributed by atoms with E-state index in [9.17, 15) is 22.8 Å². The van der Waals surface area contributed by atoms with E-state index >= 15 is 0 Å². The normalized spacial score (nSPS) is 16.1. The average Bonchev–Trinajstić information content (AvgIpc) is 2.61. The van der Waals surface area contributed by atoms with Crippen molar-refractivity contribution >= 4 is 17.5 Å². The lowest BCUT2D eigenvalue weighted by Crippen LogP contribution is -2.49. The maximum absolute atomic E-state index is 12.5. The predicted molar refractivity (Wildman–Crippen MR) is 94.3 cm³/mol. The molecule has 0 aromatic heterocycles. The van der Waals surface area contributed by atoms with E-state index in [1.807, 2.05) is 4.90 Å². The highest BCUT2D eigenvalue weighted by molar-refractivity contribution is 5.92. The Labute approximate surface area is 156 Å². The van der Waals surface area contributed by atoms with Gasteiger partial charge in [-0.15, -0.1) is 13.2 Å². The summed E-state index contributed by atoms with van der Waals surface area (Å²) < 4.78 is 40.2. The summed E-state index contributed by atoms with van der Waals surface area (Å²) in [6, 6.07) is 4.45. The lowest BCUT2D eigenvalue weighted by molar-refractivity contribution is -0.274. The molecule has 2 amide bonds. The van der Waals surface area contributed by atoms with E-state index in [1.54, 1.807) is 18.9 Å². The Morgan fingerprint density at radius 2 is 1.78 bits per heavy atom. The van der Waals surface area contributed by atoms with E-state index in [0.29, 0.717) is 5.69 Å². The second kappa shape index (κ2) is 9.07. The van der Waals surface area contributed by atoms with Crippen molar-refractivity contribution in [2.75, 3.05) is 32.0 Å². The van der Waals surface area contributed by atoms with Gasteiger partial charge in [0.2, 0.25) is 11.8 Å². The lowest BCUT2D eigenvalue weighted by Gasteiger charge is -2.32. The number of amides is 2. The zero-order chi connectivity index (χ0) is 20.0. The number of benzene rings is 1. The third-order valence-electron chi connectivity index (χ3n) is 4.45. The predicted octanol–water partition coefficient (Wildman–Crippen LogP) is 2.86. The SMILES string of the molecule is C[C@@H](C(=O)N1CCCCC1)N(C)CC(=O)Nc1ccc(OC(F)(F)F)cc1. The smallest absolute Gasteiger partial charge is 0.406 e. The van der Waals surface area contributed by atoms with E-state index < -0.39 is 12.4 Å². The number of carbonyl (C=O) groups excluding carboxylic acids is 2. The van der Waals surface area contributed by atoms with Crippen LogP contribution in [0.5, 0.6) is 5.75 Å². The Hall–Kier alpha value is -2.29. The van der Waals surface area contributed by atoms with E-state index in [4.69, 9.17) is 0 Å². The van der Waals surface area contributed by atoms with Crippen LogP contribution in [0.4, 0.5) is 18.9 Å². The molecule has 2 rings (SSSR count). The number of ether oxygens (including phenoxy) is 1. The summed E-state index contributed by atoms with van der Waals surface area (Å²) in [5, 5.41) is 2.59. The molecule has 0 saturated carbocycles. The van der Waals surface area contributed by atoms with Crippen molar-refractivity contribution in [2.24, 2.45) is 0 Å². The fourth-order valence-electron chi connectivity index (χ4n) is 2.87. The molecule has 1 N–H and O–H groups in total. The molecule has 1 aromatic carbocycles. The second-order valence-electron chi connectivity index (χ2n) is 6.60. The highest BCUT2D eigenvalue weighted by Gasteiger charge is 2.31. The summed E-state index contributed by atoms with van der Waals surface area (Å²) >= 11 is 0. The van der Waals surface area contributed by atoms with Gasteiger partial charge in [-0.05, 0) is 57.5 Å². The molecule has 0 unspecified atom stereocenters. The van der Waals surface area contributed by atoms with Crippen LogP contribution in [0.1, 0.15) is 26.2 Å². The number of carbonyl (C=O) groups is 2. The van der Waals surface area contributed by atoms with Gasteiger partial charge in [0.25, 0.3) is 0 Å². The molecule has 0 radical (unpaired) electrons. The number of likely N-dealkylation sites (tertiary alicyclic amines) is 1. The molecule has 9 heteroatoms. The summed E-state index contributed by atoms with van der Waals surface area (Å²) in [5.41, 5.74) is 0.345. The van der Waals surface area contributed by atoms with Crippen molar-refractivity contribution in [3.63, 3.8) is 0 Å². The molecule has 6 nitrogen and oxygen atoms in total. The average molecular weight is 387 g/mol. The summed E-state index contributed by atoms with van der Waals surface area (Å²) in [6.45, 7) is 3.24. The minimum atomic E-state index is -4.76. The van der Waals surface area contributed by atoms with Crippen molar-refractivity contribution in [3.8, 4) is 5.75 Å². The fourth-order valence-corrected chi connectivity index (χ4v) is 2.87. The number of rotatable bonds is 6. The van der Waals surface area contributed by atoms with Crippen LogP contribution < -0.4 is 10.1 Å². The second-order valence-corrected chi connectivity index (χ2v) is 6.60. The molecule has 0 aliphatic carbocycles. The minimum Gasteiger partial charge on any atom is -0.406 e. The maximum Gasteiger partial charge on any atom is 0.573 e. The number of anilines is 1. The molecule has 0 bridgehead atoms.